The lowest BCUT2D eigenvalue weighted by molar-refractivity contribution is 0.0950. The lowest BCUT2D eigenvalue weighted by atomic mass is 9.86. The van der Waals surface area contributed by atoms with Gasteiger partial charge in [-0.3, -0.25) is 19.6 Å². The van der Waals surface area contributed by atoms with E-state index in [1.807, 2.05) is 48.8 Å². The highest BCUT2D eigenvalue weighted by Gasteiger charge is 2.22. The summed E-state index contributed by atoms with van der Waals surface area (Å²) in [5, 5.41) is 3.05. The summed E-state index contributed by atoms with van der Waals surface area (Å²) >= 11 is 0. The number of ether oxygens (including phenoxy) is 1. The van der Waals surface area contributed by atoms with Crippen LogP contribution in [0.5, 0.6) is 5.75 Å². The molecule has 0 unspecified atom stereocenters. The van der Waals surface area contributed by atoms with E-state index in [0.29, 0.717) is 6.54 Å². The fourth-order valence-corrected chi connectivity index (χ4v) is 6.40. The zero-order valence-corrected chi connectivity index (χ0v) is 24.6. The number of amides is 1. The van der Waals surface area contributed by atoms with E-state index >= 15 is 0 Å². The topological polar surface area (TPSA) is 57.7 Å². The number of methoxy groups -OCH3 is 1. The first-order valence-electron chi connectivity index (χ1n) is 15.5. The fourth-order valence-electron chi connectivity index (χ4n) is 6.40. The monoisotopic (exact) mass is 554 g/mol. The van der Waals surface area contributed by atoms with Gasteiger partial charge < -0.3 is 10.1 Å². The van der Waals surface area contributed by atoms with Crippen LogP contribution in [0.2, 0.25) is 0 Å². The van der Waals surface area contributed by atoms with Gasteiger partial charge in [-0.15, -0.1) is 0 Å². The van der Waals surface area contributed by atoms with Crippen molar-refractivity contribution in [1.29, 1.82) is 0 Å². The molecule has 2 aromatic carbocycles. The largest absolute Gasteiger partial charge is 0.497 e. The van der Waals surface area contributed by atoms with Crippen LogP contribution < -0.4 is 10.1 Å². The van der Waals surface area contributed by atoms with E-state index in [1.54, 1.807) is 7.11 Å². The molecule has 2 aliphatic heterocycles. The lowest BCUT2D eigenvalue weighted by Crippen LogP contribution is -2.34. The van der Waals surface area contributed by atoms with Gasteiger partial charge in [0.15, 0.2) is 0 Å². The van der Waals surface area contributed by atoms with Crippen molar-refractivity contribution in [3.8, 4) is 5.75 Å². The Balaban J connectivity index is 0.966. The third kappa shape index (κ3) is 9.14. The maximum atomic E-state index is 12.8. The Kier molecular flexibility index (Phi) is 10.8. The third-order valence-corrected chi connectivity index (χ3v) is 9.00. The molecule has 2 saturated heterocycles. The summed E-state index contributed by atoms with van der Waals surface area (Å²) in [6.07, 6.45) is 13.3. The molecule has 1 aromatic heterocycles. The van der Waals surface area contributed by atoms with Crippen molar-refractivity contribution in [2.45, 2.75) is 64.6 Å². The molecule has 3 aromatic rings. The van der Waals surface area contributed by atoms with E-state index < -0.39 is 0 Å². The molecule has 0 saturated carbocycles. The maximum Gasteiger partial charge on any atom is 0.251 e. The number of piperidine rings is 2. The van der Waals surface area contributed by atoms with Crippen LogP contribution in [0.15, 0.2) is 73.1 Å². The van der Waals surface area contributed by atoms with Gasteiger partial charge in [-0.25, -0.2) is 0 Å². The predicted molar refractivity (Wildman–Crippen MR) is 165 cm³/mol. The molecule has 2 fully saturated rings. The average molecular weight is 555 g/mol. The van der Waals surface area contributed by atoms with Crippen LogP contribution in [0.1, 0.15) is 72.0 Å². The van der Waals surface area contributed by atoms with E-state index in [9.17, 15) is 4.79 Å². The van der Waals surface area contributed by atoms with Crippen molar-refractivity contribution in [1.82, 2.24) is 20.1 Å². The number of pyridine rings is 1. The molecule has 0 atom stereocenters. The summed E-state index contributed by atoms with van der Waals surface area (Å²) in [7, 11) is 1.66. The van der Waals surface area contributed by atoms with Crippen molar-refractivity contribution in [3.05, 3.63) is 95.3 Å². The van der Waals surface area contributed by atoms with Gasteiger partial charge in [0.1, 0.15) is 5.75 Å². The van der Waals surface area contributed by atoms with Gasteiger partial charge in [0.05, 0.1) is 7.11 Å². The first kappa shape index (κ1) is 29.3. The Labute approximate surface area is 246 Å². The van der Waals surface area contributed by atoms with Gasteiger partial charge in [0.2, 0.25) is 0 Å². The molecule has 1 N–H and O–H groups in total. The fraction of sp³-hybridized carbons (Fsp3) is 0.486. The zero-order valence-electron chi connectivity index (χ0n) is 24.6. The van der Waals surface area contributed by atoms with Crippen LogP contribution >= 0.6 is 0 Å². The number of benzene rings is 2. The van der Waals surface area contributed by atoms with Gasteiger partial charge in [-0.1, -0.05) is 43.5 Å². The number of carbonyl (C=O) groups is 1. The third-order valence-electron chi connectivity index (χ3n) is 9.00. The van der Waals surface area contributed by atoms with Crippen LogP contribution in [-0.4, -0.2) is 54.0 Å². The van der Waals surface area contributed by atoms with Crippen LogP contribution in [0, 0.1) is 11.8 Å². The van der Waals surface area contributed by atoms with E-state index in [2.05, 4.69) is 44.4 Å². The van der Waals surface area contributed by atoms with E-state index in [-0.39, 0.29) is 5.91 Å². The van der Waals surface area contributed by atoms with Gasteiger partial charge >= 0.3 is 0 Å². The average Bonchev–Trinajstić information content (AvgIpc) is 3.02. The minimum absolute atomic E-state index is 0.0270. The Morgan fingerprint density at radius 3 is 2.02 bits per heavy atom. The molecule has 5 rings (SSSR count). The number of nitrogens with one attached hydrogen (secondary N) is 1. The Morgan fingerprint density at radius 1 is 0.805 bits per heavy atom. The first-order valence-corrected chi connectivity index (χ1v) is 15.5. The molecule has 0 aliphatic carbocycles. The number of hydrogen-bond acceptors (Lipinski definition) is 5. The van der Waals surface area contributed by atoms with E-state index in [0.717, 1.165) is 54.9 Å². The molecule has 0 spiro atoms. The first-order chi connectivity index (χ1) is 20.1. The minimum atomic E-state index is -0.0270. The van der Waals surface area contributed by atoms with E-state index in [4.69, 9.17) is 4.74 Å². The summed E-state index contributed by atoms with van der Waals surface area (Å²) in [5.41, 5.74) is 4.38. The van der Waals surface area contributed by atoms with Crippen LogP contribution in [-0.2, 0) is 19.6 Å². The van der Waals surface area contributed by atoms with Gasteiger partial charge in [0.25, 0.3) is 5.91 Å². The SMILES string of the molecule is COc1ccc(CNC(=O)c2cccc(CN3CCC(CCCC4CCN(Cc5ccncc5)CC4)CC3)c2)cc1. The molecular weight excluding hydrogens is 508 g/mol. The highest BCUT2D eigenvalue weighted by molar-refractivity contribution is 5.94. The van der Waals surface area contributed by atoms with Crippen molar-refractivity contribution < 1.29 is 9.53 Å². The van der Waals surface area contributed by atoms with Crippen LogP contribution in [0.4, 0.5) is 0 Å². The minimum Gasteiger partial charge on any atom is -0.497 e. The van der Waals surface area contributed by atoms with E-state index in [1.165, 1.54) is 69.2 Å². The number of rotatable bonds is 12. The molecule has 1 amide bonds. The predicted octanol–water partition coefficient (Wildman–Crippen LogP) is 6.31. The standard InChI is InChI=1S/C35H46N4O2/c1-41-34-10-8-30(9-11-34)25-37-35(40)33-7-3-6-32(24-33)27-39-22-16-29(17-23-39)5-2-4-28-14-20-38(21-15-28)26-31-12-18-36-19-13-31/h3,6-13,18-19,24,28-29H,2,4-5,14-17,20-23,25-27H2,1H3,(H,37,40). The Bertz CT molecular complexity index is 1200. The molecule has 2 aliphatic rings. The smallest absolute Gasteiger partial charge is 0.251 e. The van der Waals surface area contributed by atoms with Crippen LogP contribution in [0.25, 0.3) is 0 Å². The van der Waals surface area contributed by atoms with Gasteiger partial charge in [0, 0.05) is 37.6 Å². The van der Waals surface area contributed by atoms with Gasteiger partial charge in [-0.05, 0) is 117 Å². The second kappa shape index (κ2) is 15.1. The molecule has 0 radical (unpaired) electrons. The van der Waals surface area contributed by atoms with Crippen molar-refractivity contribution >= 4 is 5.91 Å². The summed E-state index contributed by atoms with van der Waals surface area (Å²) in [6, 6.07) is 20.2. The molecular formula is C35H46N4O2. The normalized spacial score (nSPS) is 17.4. The number of nitrogens with zero attached hydrogens (tertiary/aromatic N) is 3. The van der Waals surface area contributed by atoms with Crippen LogP contribution in [0.3, 0.4) is 0 Å². The summed E-state index contributed by atoms with van der Waals surface area (Å²) in [5.74, 6) is 2.57. The molecule has 0 bridgehead atoms. The Morgan fingerprint density at radius 2 is 1.41 bits per heavy atom. The molecule has 41 heavy (non-hydrogen) atoms. The number of hydrogen-bond donors (Lipinski definition) is 1. The Hall–Kier alpha value is -3.22. The molecule has 3 heterocycles. The van der Waals surface area contributed by atoms with Crippen molar-refractivity contribution in [3.63, 3.8) is 0 Å². The zero-order chi connectivity index (χ0) is 28.3. The highest BCUT2D eigenvalue weighted by Crippen LogP contribution is 2.28. The van der Waals surface area contributed by atoms with Gasteiger partial charge in [-0.2, -0.15) is 0 Å². The second-order valence-electron chi connectivity index (χ2n) is 12.0. The number of aromatic nitrogens is 1. The van der Waals surface area contributed by atoms with Crippen molar-refractivity contribution in [2.24, 2.45) is 11.8 Å². The summed E-state index contributed by atoms with van der Waals surface area (Å²) in [4.78, 5) is 22.1. The number of carbonyl (C=O) groups excluding carboxylic acids is 1. The quantitative estimate of drug-likeness (QED) is 0.284. The summed E-state index contributed by atoms with van der Waals surface area (Å²) < 4.78 is 5.21. The molecule has 6 nitrogen and oxygen atoms in total. The lowest BCUT2D eigenvalue weighted by Gasteiger charge is -2.33. The molecule has 6 heteroatoms. The number of likely N-dealkylation sites (tertiary alicyclic amines) is 2. The van der Waals surface area contributed by atoms with Crippen molar-refractivity contribution in [2.75, 3.05) is 33.3 Å². The second-order valence-corrected chi connectivity index (χ2v) is 12.0. The maximum absolute atomic E-state index is 12.8. The highest BCUT2D eigenvalue weighted by atomic mass is 16.5. The molecule has 218 valence electrons. The summed E-state index contributed by atoms with van der Waals surface area (Å²) in [6.45, 7) is 7.28.